The quantitative estimate of drug-likeness (QED) is 0.761. The normalized spacial score (nSPS) is 20.5. The van der Waals surface area contributed by atoms with E-state index in [0.717, 1.165) is 10.5 Å². The van der Waals surface area contributed by atoms with Gasteiger partial charge in [0.2, 0.25) is 0 Å². The van der Waals surface area contributed by atoms with Gasteiger partial charge in [0.1, 0.15) is 12.2 Å². The molecule has 0 N–H and O–H groups in total. The average Bonchev–Trinajstić information content (AvgIpc) is 2.56. The number of nitrogens with zero attached hydrogens (tertiary/aromatic N) is 2. The molecule has 2 aliphatic heterocycles. The molecular weight excluding hydrogens is 370 g/mol. The van der Waals surface area contributed by atoms with Crippen LogP contribution in [0, 0.1) is 5.41 Å². The molecule has 3 rings (SSSR count). The first-order valence-electron chi connectivity index (χ1n) is 9.33. The van der Waals surface area contributed by atoms with Gasteiger partial charge in [-0.15, -0.1) is 0 Å². The number of carbonyl (C=O) groups is 2. The van der Waals surface area contributed by atoms with Crippen molar-refractivity contribution in [1.82, 2.24) is 9.80 Å². The van der Waals surface area contributed by atoms with Crippen molar-refractivity contribution in [3.63, 3.8) is 0 Å². The van der Waals surface area contributed by atoms with Crippen LogP contribution in [0.4, 0.5) is 18.4 Å². The van der Waals surface area contributed by atoms with Crippen molar-refractivity contribution < 1.29 is 27.8 Å². The number of ether oxygens (including phenoxy) is 2. The zero-order valence-corrected chi connectivity index (χ0v) is 16.4. The van der Waals surface area contributed by atoms with Crippen molar-refractivity contribution in [3.8, 4) is 0 Å². The molecule has 2 saturated heterocycles. The molecule has 28 heavy (non-hydrogen) atoms. The van der Waals surface area contributed by atoms with Gasteiger partial charge >= 0.3 is 12.2 Å². The van der Waals surface area contributed by atoms with E-state index < -0.39 is 35.7 Å². The summed E-state index contributed by atoms with van der Waals surface area (Å²) < 4.78 is 40.0. The first-order valence-corrected chi connectivity index (χ1v) is 9.33. The summed E-state index contributed by atoms with van der Waals surface area (Å²) in [6.45, 7) is 4.52. The van der Waals surface area contributed by atoms with E-state index in [9.17, 15) is 18.4 Å². The van der Waals surface area contributed by atoms with Gasteiger partial charge in [-0.25, -0.2) is 18.4 Å². The molecule has 2 amide bonds. The van der Waals surface area contributed by atoms with E-state index in [4.69, 9.17) is 9.47 Å². The van der Waals surface area contributed by atoms with Crippen LogP contribution in [0.3, 0.4) is 0 Å². The fourth-order valence-electron chi connectivity index (χ4n) is 3.51. The molecule has 0 atom stereocenters. The lowest BCUT2D eigenvalue weighted by Gasteiger charge is -2.56. The number of halogens is 2. The monoisotopic (exact) mass is 396 g/mol. The highest BCUT2D eigenvalue weighted by Gasteiger charge is 2.64. The van der Waals surface area contributed by atoms with Gasteiger partial charge in [-0.05, 0) is 32.8 Å². The van der Waals surface area contributed by atoms with Gasteiger partial charge in [-0.2, -0.15) is 0 Å². The van der Waals surface area contributed by atoms with E-state index in [0.29, 0.717) is 0 Å². The van der Waals surface area contributed by atoms with E-state index in [1.807, 2.05) is 30.3 Å². The minimum Gasteiger partial charge on any atom is -0.445 e. The second-order valence-corrected chi connectivity index (χ2v) is 8.53. The maximum absolute atomic E-state index is 14.8. The third-order valence-corrected chi connectivity index (χ3v) is 5.13. The zero-order valence-electron chi connectivity index (χ0n) is 16.4. The number of piperidine rings is 1. The van der Waals surface area contributed by atoms with Crippen molar-refractivity contribution in [1.29, 1.82) is 0 Å². The van der Waals surface area contributed by atoms with Gasteiger partial charge in [0.05, 0.1) is 12.0 Å². The molecule has 1 aromatic rings. The van der Waals surface area contributed by atoms with Gasteiger partial charge in [0.25, 0.3) is 5.92 Å². The second kappa shape index (κ2) is 7.22. The third kappa shape index (κ3) is 4.20. The van der Waals surface area contributed by atoms with Crippen molar-refractivity contribution in [3.05, 3.63) is 35.9 Å². The highest BCUT2D eigenvalue weighted by molar-refractivity contribution is 5.70. The standard InChI is InChI=1S/C20H26F2N2O4/c1-18(2,3)28-17(26)23-10-9-19(20(21,22)14-23)12-24(13-19)16(25)27-11-15-7-5-4-6-8-15/h4-8H,9-14H2,1-3H3. The molecule has 0 aromatic heterocycles. The molecule has 0 radical (unpaired) electrons. The lowest BCUT2D eigenvalue weighted by atomic mass is 9.69. The number of benzene rings is 1. The Morgan fingerprint density at radius 1 is 1.04 bits per heavy atom. The maximum atomic E-state index is 14.8. The fourth-order valence-corrected chi connectivity index (χ4v) is 3.51. The van der Waals surface area contributed by atoms with Crippen LogP contribution in [0.25, 0.3) is 0 Å². The van der Waals surface area contributed by atoms with E-state index in [1.165, 1.54) is 4.90 Å². The molecule has 1 aromatic carbocycles. The number of likely N-dealkylation sites (tertiary alicyclic amines) is 2. The van der Waals surface area contributed by atoms with Gasteiger partial charge in [0.15, 0.2) is 0 Å². The number of rotatable bonds is 2. The summed E-state index contributed by atoms with van der Waals surface area (Å²) in [5, 5.41) is 0. The van der Waals surface area contributed by atoms with Crippen LogP contribution < -0.4 is 0 Å². The molecule has 0 aliphatic carbocycles. The third-order valence-electron chi connectivity index (χ3n) is 5.13. The van der Waals surface area contributed by atoms with E-state index in [2.05, 4.69) is 0 Å². The van der Waals surface area contributed by atoms with E-state index in [1.54, 1.807) is 20.8 Å². The van der Waals surface area contributed by atoms with Crippen LogP contribution in [0.1, 0.15) is 32.8 Å². The molecule has 2 aliphatic rings. The molecule has 2 fully saturated rings. The largest absolute Gasteiger partial charge is 0.445 e. The number of carbonyl (C=O) groups excluding carboxylic acids is 2. The summed E-state index contributed by atoms with van der Waals surface area (Å²) in [5.74, 6) is -3.10. The van der Waals surface area contributed by atoms with Gasteiger partial charge < -0.3 is 19.3 Å². The van der Waals surface area contributed by atoms with Crippen LogP contribution >= 0.6 is 0 Å². The topological polar surface area (TPSA) is 59.1 Å². The highest BCUT2D eigenvalue weighted by atomic mass is 19.3. The highest BCUT2D eigenvalue weighted by Crippen LogP contribution is 2.50. The van der Waals surface area contributed by atoms with Gasteiger partial charge in [-0.1, -0.05) is 30.3 Å². The van der Waals surface area contributed by atoms with Crippen LogP contribution in [0.5, 0.6) is 0 Å². The Bertz CT molecular complexity index is 727. The molecule has 0 bridgehead atoms. The summed E-state index contributed by atoms with van der Waals surface area (Å²) in [4.78, 5) is 26.6. The Labute approximate surface area is 163 Å². The number of amides is 2. The molecule has 8 heteroatoms. The Balaban J connectivity index is 1.53. The second-order valence-electron chi connectivity index (χ2n) is 8.53. The molecule has 1 spiro atoms. The minimum atomic E-state index is -3.10. The van der Waals surface area contributed by atoms with Crippen molar-refractivity contribution in [2.75, 3.05) is 26.2 Å². The van der Waals surface area contributed by atoms with Crippen molar-refractivity contribution >= 4 is 12.2 Å². The molecular formula is C20H26F2N2O4. The summed E-state index contributed by atoms with van der Waals surface area (Å²) in [6, 6.07) is 9.18. The van der Waals surface area contributed by atoms with E-state index in [-0.39, 0.29) is 32.7 Å². The van der Waals surface area contributed by atoms with Crippen LogP contribution in [0.15, 0.2) is 30.3 Å². The Kier molecular flexibility index (Phi) is 5.25. The lowest BCUT2D eigenvalue weighted by Crippen LogP contribution is -2.71. The van der Waals surface area contributed by atoms with Gasteiger partial charge in [0, 0.05) is 19.6 Å². The number of alkyl halides is 2. The summed E-state index contributed by atoms with van der Waals surface area (Å²) in [5.41, 5.74) is -1.21. The molecule has 2 heterocycles. The van der Waals surface area contributed by atoms with Gasteiger partial charge in [-0.3, -0.25) is 0 Å². The summed E-state index contributed by atoms with van der Waals surface area (Å²) in [6.07, 6.45) is -1.22. The Morgan fingerprint density at radius 3 is 2.25 bits per heavy atom. The zero-order chi connectivity index (χ0) is 20.6. The SMILES string of the molecule is CC(C)(C)OC(=O)N1CCC2(CN(C(=O)OCc3ccccc3)C2)C(F)(F)C1. The van der Waals surface area contributed by atoms with Crippen molar-refractivity contribution in [2.45, 2.75) is 45.3 Å². The molecule has 6 nitrogen and oxygen atoms in total. The average molecular weight is 396 g/mol. The predicted octanol–water partition coefficient (Wildman–Crippen LogP) is 3.90. The van der Waals surface area contributed by atoms with Crippen LogP contribution in [-0.2, 0) is 16.1 Å². The Hall–Kier alpha value is -2.38. The first kappa shape index (κ1) is 20.4. The fraction of sp³-hybridized carbons (Fsp3) is 0.600. The number of hydrogen-bond acceptors (Lipinski definition) is 4. The van der Waals surface area contributed by atoms with Crippen molar-refractivity contribution in [2.24, 2.45) is 5.41 Å². The molecule has 0 unspecified atom stereocenters. The number of hydrogen-bond donors (Lipinski definition) is 0. The smallest absolute Gasteiger partial charge is 0.410 e. The first-order chi connectivity index (χ1) is 13.0. The van der Waals surface area contributed by atoms with Crippen LogP contribution in [0.2, 0.25) is 0 Å². The summed E-state index contributed by atoms with van der Waals surface area (Å²) in [7, 11) is 0. The van der Waals surface area contributed by atoms with E-state index >= 15 is 0 Å². The summed E-state index contributed by atoms with van der Waals surface area (Å²) >= 11 is 0. The maximum Gasteiger partial charge on any atom is 0.410 e. The molecule has 154 valence electrons. The molecule has 0 saturated carbocycles. The predicted molar refractivity (Wildman–Crippen MR) is 98.0 cm³/mol. The lowest BCUT2D eigenvalue weighted by molar-refractivity contribution is -0.214. The Morgan fingerprint density at radius 2 is 1.68 bits per heavy atom. The minimum absolute atomic E-state index is 0.0736. The van der Waals surface area contributed by atoms with Crippen LogP contribution in [-0.4, -0.2) is 59.7 Å².